The maximum atomic E-state index is 13.8. The quantitative estimate of drug-likeness (QED) is 0.489. The Bertz CT molecular complexity index is 584. The SMILES string of the molecule is NNC(c1ccc(F)cc1I)c1c(F)cccc1F. The second-order valence-electron chi connectivity index (χ2n) is 3.90. The molecule has 100 valence electrons. The molecule has 1 atom stereocenters. The van der Waals surface area contributed by atoms with Crippen molar-refractivity contribution in [3.05, 3.63) is 68.5 Å². The van der Waals surface area contributed by atoms with Crippen LogP contribution in [0.15, 0.2) is 36.4 Å². The van der Waals surface area contributed by atoms with E-state index in [0.29, 0.717) is 9.13 Å². The van der Waals surface area contributed by atoms with Gasteiger partial charge in [-0.3, -0.25) is 5.84 Å². The van der Waals surface area contributed by atoms with E-state index in [1.54, 1.807) is 0 Å². The van der Waals surface area contributed by atoms with Crippen molar-refractivity contribution in [2.24, 2.45) is 5.84 Å². The summed E-state index contributed by atoms with van der Waals surface area (Å²) in [5.74, 6) is 3.57. The Hall–Kier alpha value is -1.12. The molecule has 0 aromatic heterocycles. The third-order valence-corrected chi connectivity index (χ3v) is 3.66. The molecule has 3 N–H and O–H groups in total. The first-order valence-corrected chi connectivity index (χ1v) is 6.47. The molecule has 0 aliphatic heterocycles. The van der Waals surface area contributed by atoms with Gasteiger partial charge in [0, 0.05) is 9.13 Å². The highest BCUT2D eigenvalue weighted by atomic mass is 127. The van der Waals surface area contributed by atoms with Crippen LogP contribution in [0.4, 0.5) is 13.2 Å². The first-order chi connectivity index (χ1) is 9.04. The molecule has 0 spiro atoms. The van der Waals surface area contributed by atoms with Crippen molar-refractivity contribution in [3.8, 4) is 0 Å². The van der Waals surface area contributed by atoms with E-state index in [-0.39, 0.29) is 5.56 Å². The zero-order valence-electron chi connectivity index (χ0n) is 9.63. The molecule has 2 rings (SSSR count). The fraction of sp³-hybridized carbons (Fsp3) is 0.0769. The molecular formula is C13H10F3IN2. The third-order valence-electron chi connectivity index (χ3n) is 2.73. The summed E-state index contributed by atoms with van der Waals surface area (Å²) in [7, 11) is 0. The standard InChI is InChI=1S/C13H10F3IN2/c14-7-4-5-8(11(17)6-7)13(19-18)12-9(15)2-1-3-10(12)16/h1-6,13,19H,18H2. The van der Waals surface area contributed by atoms with Crippen LogP contribution < -0.4 is 11.3 Å². The number of nitrogens with one attached hydrogen (secondary N) is 1. The Labute approximate surface area is 121 Å². The highest BCUT2D eigenvalue weighted by molar-refractivity contribution is 14.1. The fourth-order valence-electron chi connectivity index (χ4n) is 1.85. The average Bonchev–Trinajstić information content (AvgIpc) is 2.35. The molecule has 0 bridgehead atoms. The van der Waals surface area contributed by atoms with Gasteiger partial charge in [-0.2, -0.15) is 0 Å². The van der Waals surface area contributed by atoms with Gasteiger partial charge in [-0.25, -0.2) is 18.6 Å². The molecule has 1 unspecified atom stereocenters. The molecule has 0 radical (unpaired) electrons. The van der Waals surface area contributed by atoms with Gasteiger partial charge < -0.3 is 0 Å². The number of hydrazine groups is 1. The van der Waals surface area contributed by atoms with Crippen LogP contribution in [-0.2, 0) is 0 Å². The van der Waals surface area contributed by atoms with Gasteiger partial charge in [-0.15, -0.1) is 0 Å². The molecule has 0 saturated heterocycles. The molecule has 2 aromatic carbocycles. The van der Waals surface area contributed by atoms with E-state index in [2.05, 4.69) is 5.43 Å². The van der Waals surface area contributed by atoms with Crippen LogP contribution in [0.2, 0.25) is 0 Å². The minimum absolute atomic E-state index is 0.186. The largest absolute Gasteiger partial charge is 0.271 e. The summed E-state index contributed by atoms with van der Waals surface area (Å²) in [5, 5.41) is 0. The lowest BCUT2D eigenvalue weighted by Gasteiger charge is -2.19. The molecule has 0 aliphatic rings. The average molecular weight is 378 g/mol. The molecule has 0 aliphatic carbocycles. The molecule has 0 fully saturated rings. The van der Waals surface area contributed by atoms with Crippen molar-refractivity contribution < 1.29 is 13.2 Å². The van der Waals surface area contributed by atoms with Crippen molar-refractivity contribution in [1.29, 1.82) is 0 Å². The molecule has 0 amide bonds. The van der Waals surface area contributed by atoms with Gasteiger partial charge in [0.05, 0.1) is 6.04 Å². The van der Waals surface area contributed by atoms with Gasteiger partial charge in [0.25, 0.3) is 0 Å². The first-order valence-electron chi connectivity index (χ1n) is 5.39. The summed E-state index contributed by atoms with van der Waals surface area (Å²) in [5.41, 5.74) is 2.69. The van der Waals surface area contributed by atoms with Crippen LogP contribution in [0.25, 0.3) is 0 Å². The molecule has 19 heavy (non-hydrogen) atoms. The van der Waals surface area contributed by atoms with Crippen molar-refractivity contribution in [2.75, 3.05) is 0 Å². The maximum absolute atomic E-state index is 13.8. The van der Waals surface area contributed by atoms with Crippen LogP contribution in [0.1, 0.15) is 17.2 Å². The minimum atomic E-state index is -0.881. The van der Waals surface area contributed by atoms with Crippen molar-refractivity contribution in [3.63, 3.8) is 0 Å². The molecule has 2 nitrogen and oxygen atoms in total. The molecule has 2 aromatic rings. The van der Waals surface area contributed by atoms with Gasteiger partial charge in [0.15, 0.2) is 0 Å². The second kappa shape index (κ2) is 5.89. The lowest BCUT2D eigenvalue weighted by molar-refractivity contribution is 0.509. The van der Waals surface area contributed by atoms with Crippen LogP contribution in [-0.4, -0.2) is 0 Å². The smallest absolute Gasteiger partial charge is 0.131 e. The predicted octanol–water partition coefficient (Wildman–Crippen LogP) is 3.26. The molecule has 0 saturated carbocycles. The zero-order valence-corrected chi connectivity index (χ0v) is 11.8. The Balaban J connectivity index is 2.56. The minimum Gasteiger partial charge on any atom is -0.271 e. The number of halogens is 4. The van der Waals surface area contributed by atoms with E-state index < -0.39 is 23.5 Å². The van der Waals surface area contributed by atoms with Crippen molar-refractivity contribution in [1.82, 2.24) is 5.43 Å². The van der Waals surface area contributed by atoms with Crippen LogP contribution in [0.3, 0.4) is 0 Å². The summed E-state index contributed by atoms with van der Waals surface area (Å²) in [6.45, 7) is 0. The van der Waals surface area contributed by atoms with E-state index in [4.69, 9.17) is 5.84 Å². The van der Waals surface area contributed by atoms with Gasteiger partial charge in [-0.05, 0) is 52.4 Å². The van der Waals surface area contributed by atoms with E-state index in [9.17, 15) is 13.2 Å². The number of nitrogens with two attached hydrogens (primary N) is 1. The van der Waals surface area contributed by atoms with Crippen LogP contribution in [0.5, 0.6) is 0 Å². The first kappa shape index (κ1) is 14.3. The number of hydrogen-bond acceptors (Lipinski definition) is 2. The number of rotatable bonds is 3. The topological polar surface area (TPSA) is 38.0 Å². The molecule has 0 heterocycles. The predicted molar refractivity (Wildman–Crippen MR) is 74.6 cm³/mol. The summed E-state index contributed by atoms with van der Waals surface area (Å²) in [4.78, 5) is 0. The zero-order chi connectivity index (χ0) is 14.0. The summed E-state index contributed by atoms with van der Waals surface area (Å²) in [6, 6.07) is 6.65. The Morgan fingerprint density at radius 1 is 1.05 bits per heavy atom. The molecule has 6 heteroatoms. The second-order valence-corrected chi connectivity index (χ2v) is 5.06. The lowest BCUT2D eigenvalue weighted by atomic mass is 9.98. The summed E-state index contributed by atoms with van der Waals surface area (Å²) < 4.78 is 41.1. The van der Waals surface area contributed by atoms with Gasteiger partial charge in [0.2, 0.25) is 0 Å². The van der Waals surface area contributed by atoms with Crippen molar-refractivity contribution in [2.45, 2.75) is 6.04 Å². The normalized spacial score (nSPS) is 12.5. The monoisotopic (exact) mass is 378 g/mol. The fourth-order valence-corrected chi connectivity index (χ4v) is 2.64. The van der Waals surface area contributed by atoms with Crippen molar-refractivity contribution >= 4 is 22.6 Å². The maximum Gasteiger partial charge on any atom is 0.131 e. The van der Waals surface area contributed by atoms with Gasteiger partial charge in [0.1, 0.15) is 17.5 Å². The third kappa shape index (κ3) is 2.90. The van der Waals surface area contributed by atoms with Gasteiger partial charge in [-0.1, -0.05) is 12.1 Å². The van der Waals surface area contributed by atoms with Gasteiger partial charge >= 0.3 is 0 Å². The summed E-state index contributed by atoms with van der Waals surface area (Å²) >= 11 is 1.89. The van der Waals surface area contributed by atoms with E-state index in [1.165, 1.54) is 24.3 Å². The number of benzene rings is 2. The number of hydrogen-bond donors (Lipinski definition) is 2. The highest BCUT2D eigenvalue weighted by Gasteiger charge is 2.22. The Kier molecular flexibility index (Phi) is 4.43. The van der Waals surface area contributed by atoms with Crippen LogP contribution >= 0.6 is 22.6 Å². The van der Waals surface area contributed by atoms with E-state index in [1.807, 2.05) is 22.6 Å². The summed E-state index contributed by atoms with van der Waals surface area (Å²) in [6.07, 6.45) is 0. The van der Waals surface area contributed by atoms with Crippen LogP contribution in [0, 0.1) is 21.0 Å². The van der Waals surface area contributed by atoms with E-state index in [0.717, 1.165) is 12.1 Å². The Morgan fingerprint density at radius 2 is 1.68 bits per heavy atom. The molecular weight excluding hydrogens is 368 g/mol. The highest BCUT2D eigenvalue weighted by Crippen LogP contribution is 2.29. The Morgan fingerprint density at radius 3 is 2.21 bits per heavy atom. The van der Waals surface area contributed by atoms with E-state index >= 15 is 0 Å². The lowest BCUT2D eigenvalue weighted by Crippen LogP contribution is -2.31.